The van der Waals surface area contributed by atoms with Crippen molar-refractivity contribution in [1.82, 2.24) is 13.7 Å². The second kappa shape index (κ2) is 19.0. The van der Waals surface area contributed by atoms with Gasteiger partial charge in [0.25, 0.3) is 6.71 Å². The third-order valence-corrected chi connectivity index (χ3v) is 19.2. The van der Waals surface area contributed by atoms with Crippen LogP contribution in [-0.2, 0) is 0 Å². The van der Waals surface area contributed by atoms with Gasteiger partial charge in [-0.3, -0.25) is 0 Å². The molecule has 0 fully saturated rings. The molecule has 2 aliphatic rings. The summed E-state index contributed by atoms with van der Waals surface area (Å²) in [6, 6.07) is 119. The number of para-hydroxylation sites is 4. The Morgan fingerprint density at radius 3 is 1.01 bits per heavy atom. The van der Waals surface area contributed by atoms with Crippen LogP contribution in [-0.4, -0.2) is 20.4 Å². The molecule has 3 nitrogen and oxygen atoms in total. The number of rotatable bonds is 4. The molecule has 0 bridgehead atoms. The van der Waals surface area contributed by atoms with Gasteiger partial charge in [-0.15, -0.1) is 0 Å². The van der Waals surface area contributed by atoms with Crippen molar-refractivity contribution in [2.75, 3.05) is 0 Å². The van der Waals surface area contributed by atoms with E-state index in [1.807, 2.05) is 0 Å². The molecular weight excluding hydrogens is 1060 g/mol. The largest absolute Gasteiger partial charge is 0.310 e. The molecule has 0 radical (unpaired) electrons. The Kier molecular flexibility index (Phi) is 10.6. The first-order valence-corrected chi connectivity index (χ1v) is 30.6. The quantitative estimate of drug-likeness (QED) is 0.156. The Hall–Kier alpha value is -11.5. The van der Waals surface area contributed by atoms with E-state index in [-0.39, 0.29) is 6.71 Å². The molecule has 5 heterocycles. The van der Waals surface area contributed by atoms with Crippen LogP contribution in [0.15, 0.2) is 315 Å². The summed E-state index contributed by atoms with van der Waals surface area (Å²) in [5, 5.41) is 16.7. The molecule has 0 aliphatic carbocycles. The minimum Gasteiger partial charge on any atom is -0.310 e. The van der Waals surface area contributed by atoms with Gasteiger partial charge in [-0.1, -0.05) is 267 Å². The molecule has 17 aromatic rings. The number of aromatic nitrogens is 3. The number of fused-ring (bicyclic) bond motifs is 21. The van der Waals surface area contributed by atoms with Crippen molar-refractivity contribution in [3.05, 3.63) is 315 Å². The van der Waals surface area contributed by atoms with Crippen LogP contribution in [0.5, 0.6) is 0 Å². The van der Waals surface area contributed by atoms with E-state index in [4.69, 9.17) is 0 Å². The molecule has 0 spiro atoms. The van der Waals surface area contributed by atoms with Crippen LogP contribution in [0.1, 0.15) is 0 Å². The first-order chi connectivity index (χ1) is 43.7. The maximum Gasteiger partial charge on any atom is 0.252 e. The van der Waals surface area contributed by atoms with E-state index in [1.165, 1.54) is 136 Å². The van der Waals surface area contributed by atoms with Gasteiger partial charge in [0, 0.05) is 54.7 Å². The molecule has 3 aromatic heterocycles. The summed E-state index contributed by atoms with van der Waals surface area (Å²) in [5.74, 6) is 0. The van der Waals surface area contributed by atoms with Gasteiger partial charge in [0.2, 0.25) is 0 Å². The molecule has 88 heavy (non-hydrogen) atoms. The topological polar surface area (TPSA) is 14.8 Å². The average Bonchev–Trinajstić information content (AvgIpc) is 1.03. The van der Waals surface area contributed by atoms with Crippen LogP contribution in [0, 0.1) is 0 Å². The normalized spacial score (nSPS) is 12.3. The lowest BCUT2D eigenvalue weighted by atomic mass is 9.34. The zero-order chi connectivity index (χ0) is 57.6. The van der Waals surface area contributed by atoms with Crippen LogP contribution in [0.2, 0.25) is 0 Å². The summed E-state index contributed by atoms with van der Waals surface area (Å²) < 4.78 is 7.93. The van der Waals surface area contributed by atoms with Crippen LogP contribution in [0.3, 0.4) is 0 Å². The van der Waals surface area contributed by atoms with Gasteiger partial charge in [-0.25, -0.2) is 0 Å². The zero-order valence-electron chi connectivity index (χ0n) is 47.9. The molecule has 406 valence electrons. The summed E-state index contributed by atoms with van der Waals surface area (Å²) in [5.41, 5.74) is 21.1. The molecule has 14 aromatic carbocycles. The smallest absolute Gasteiger partial charge is 0.252 e. The molecule has 19 rings (SSSR count). The highest BCUT2D eigenvalue weighted by atomic mass is 15.1. The zero-order valence-corrected chi connectivity index (χ0v) is 47.9. The lowest BCUT2D eigenvalue weighted by molar-refractivity contribution is 1.10. The molecule has 4 heteroatoms. The highest BCUT2D eigenvalue weighted by molar-refractivity contribution is 7.00. The van der Waals surface area contributed by atoms with Gasteiger partial charge in [0.15, 0.2) is 0 Å². The van der Waals surface area contributed by atoms with E-state index in [0.717, 1.165) is 39.1 Å². The second-order valence-electron chi connectivity index (χ2n) is 23.8. The summed E-state index contributed by atoms with van der Waals surface area (Å²) in [6.45, 7) is -0.260. The number of nitrogens with zero attached hydrogens (tertiary/aromatic N) is 3. The van der Waals surface area contributed by atoms with Crippen molar-refractivity contribution >= 4 is 132 Å². The minimum atomic E-state index is -0.260. The first-order valence-electron chi connectivity index (χ1n) is 30.6. The third kappa shape index (κ3) is 7.03. The minimum absolute atomic E-state index is 0.260. The number of benzene rings is 14. The molecule has 0 amide bonds. The van der Waals surface area contributed by atoms with Crippen LogP contribution in [0.25, 0.3) is 159 Å². The Balaban J connectivity index is 1.15. The first kappa shape index (κ1) is 48.9. The molecule has 2 aliphatic heterocycles. The number of hydrogen-bond acceptors (Lipinski definition) is 0. The summed E-state index contributed by atoms with van der Waals surface area (Å²) in [7, 11) is 0. The molecular formula is C84H52BN3. The van der Waals surface area contributed by atoms with Crippen molar-refractivity contribution in [3.63, 3.8) is 0 Å². The van der Waals surface area contributed by atoms with E-state index >= 15 is 0 Å². The predicted molar refractivity (Wildman–Crippen MR) is 376 cm³/mol. The van der Waals surface area contributed by atoms with E-state index in [0.29, 0.717) is 0 Å². The van der Waals surface area contributed by atoms with Crippen molar-refractivity contribution in [3.8, 4) is 50.4 Å². The van der Waals surface area contributed by atoms with E-state index in [9.17, 15) is 0 Å². The fraction of sp³-hybridized carbons (Fsp3) is 0. The van der Waals surface area contributed by atoms with Crippen molar-refractivity contribution in [2.24, 2.45) is 0 Å². The van der Waals surface area contributed by atoms with Gasteiger partial charge < -0.3 is 13.7 Å². The fourth-order valence-corrected chi connectivity index (χ4v) is 15.6. The lowest BCUT2D eigenvalue weighted by Gasteiger charge is -2.37. The van der Waals surface area contributed by atoms with Crippen molar-refractivity contribution in [1.29, 1.82) is 0 Å². The van der Waals surface area contributed by atoms with Gasteiger partial charge in [0.1, 0.15) is 0 Å². The monoisotopic (exact) mass is 1110 g/mol. The van der Waals surface area contributed by atoms with Gasteiger partial charge in [-0.05, 0) is 141 Å². The van der Waals surface area contributed by atoms with E-state index in [1.54, 1.807) is 0 Å². The van der Waals surface area contributed by atoms with Gasteiger partial charge in [-0.2, -0.15) is 0 Å². The van der Waals surface area contributed by atoms with Gasteiger partial charge in [0.05, 0.1) is 27.8 Å². The summed E-state index contributed by atoms with van der Waals surface area (Å²) in [6.07, 6.45) is 0. The van der Waals surface area contributed by atoms with Gasteiger partial charge >= 0.3 is 0 Å². The van der Waals surface area contributed by atoms with Crippen LogP contribution < -0.4 is 16.4 Å². The lowest BCUT2D eigenvalue weighted by Crippen LogP contribution is -2.60. The van der Waals surface area contributed by atoms with E-state index < -0.39 is 0 Å². The molecule has 0 N–H and O–H groups in total. The Bertz CT molecular complexity index is 5940. The SMILES string of the molecule is c1ccc(-c2cc3c4c(c2)c2ccccc2c2ccccc2c2ccccc2n4-c2cc(-n4c5ccccc5c5ccccc54)cc4c2B3c2cc(-c3ccccc3)cc3c5ccccc5c5cccc(-c6ccccc6)c5c5ccccc5n-4c23)cc1. The highest BCUT2D eigenvalue weighted by Gasteiger charge is 2.41. The Morgan fingerprint density at radius 1 is 0.216 bits per heavy atom. The Morgan fingerprint density at radius 2 is 0.545 bits per heavy atom. The van der Waals surface area contributed by atoms with E-state index in [2.05, 4.69) is 329 Å². The highest BCUT2D eigenvalue weighted by Crippen LogP contribution is 2.45. The second-order valence-corrected chi connectivity index (χ2v) is 23.8. The summed E-state index contributed by atoms with van der Waals surface area (Å²) in [4.78, 5) is 0. The van der Waals surface area contributed by atoms with Crippen molar-refractivity contribution in [2.45, 2.75) is 0 Å². The average molecular weight is 1110 g/mol. The third-order valence-electron chi connectivity index (χ3n) is 19.2. The van der Waals surface area contributed by atoms with Crippen LogP contribution in [0.4, 0.5) is 0 Å². The van der Waals surface area contributed by atoms with Crippen molar-refractivity contribution < 1.29 is 0 Å². The maximum absolute atomic E-state index is 2.70. The molecule has 0 saturated carbocycles. The summed E-state index contributed by atoms with van der Waals surface area (Å²) >= 11 is 0. The maximum atomic E-state index is 2.70. The standard InChI is InChI=1S/C84H52BN3/c1-4-25-53(26-5-1)56-47-71-64-35-14-11-32-61(64)60-31-10-12-33-62(60)66-37-16-22-45-77(66)87-79-51-58(86-75-43-20-17-38-67(75)68-39-18-21-44-76(68)86)52-80-82(79)85(73(49-56)83(71)87)74-50-57(54-27-6-2-7-28-54)48-72-65-36-15-13-34-63(65)69-42-24-41-59(55-29-8-3-9-30-55)81(69)70-40-19-23-46-78(70)88(80)84(72)74/h1-52H. The molecule has 0 unspecified atom stereocenters. The van der Waals surface area contributed by atoms with Crippen LogP contribution >= 0.6 is 0 Å². The Labute approximate surface area is 508 Å². The fourth-order valence-electron chi connectivity index (χ4n) is 15.6. The number of hydrogen-bond donors (Lipinski definition) is 0. The molecule has 0 saturated heterocycles. The molecule has 0 atom stereocenters. The predicted octanol–water partition coefficient (Wildman–Crippen LogP) is 20.0.